The van der Waals surface area contributed by atoms with Gasteiger partial charge in [-0.25, -0.2) is 4.99 Å². The number of hydrogen-bond acceptors (Lipinski definition) is 4. The molecule has 1 aromatic heterocycles. The molecule has 8 nitrogen and oxygen atoms in total. The second-order valence-corrected chi connectivity index (χ2v) is 7.93. The van der Waals surface area contributed by atoms with Gasteiger partial charge in [0.05, 0.1) is 18.8 Å². The van der Waals surface area contributed by atoms with Crippen LogP contribution in [0.2, 0.25) is 0 Å². The summed E-state index contributed by atoms with van der Waals surface area (Å²) < 4.78 is 1.81. The zero-order valence-electron chi connectivity index (χ0n) is 18.6. The number of carbonyl (C=O) groups is 1. The van der Waals surface area contributed by atoms with Gasteiger partial charge >= 0.3 is 0 Å². The van der Waals surface area contributed by atoms with E-state index < -0.39 is 0 Å². The predicted molar refractivity (Wildman–Crippen MR) is 134 cm³/mol. The number of nitrogens with zero attached hydrogens (tertiary/aromatic N) is 5. The first-order chi connectivity index (χ1) is 14.5. The number of piperidine rings is 1. The minimum absolute atomic E-state index is 0. The molecule has 1 aliphatic heterocycles. The smallest absolute Gasteiger partial charge is 0.241 e. The Balaban J connectivity index is 0.00000341. The van der Waals surface area contributed by atoms with Crippen LogP contribution in [-0.2, 0) is 24.9 Å². The number of aryl methyl sites for hydroxylation is 1. The molecule has 0 radical (unpaired) electrons. The monoisotopic (exact) mass is 539 g/mol. The van der Waals surface area contributed by atoms with Crippen LogP contribution in [0.3, 0.4) is 0 Å². The fourth-order valence-electron chi connectivity index (χ4n) is 3.46. The summed E-state index contributed by atoms with van der Waals surface area (Å²) in [6.07, 6.45) is 3.85. The third-order valence-corrected chi connectivity index (χ3v) is 5.40. The highest BCUT2D eigenvalue weighted by molar-refractivity contribution is 14.0. The number of guanidine groups is 1. The van der Waals surface area contributed by atoms with Crippen LogP contribution < -0.4 is 10.6 Å². The van der Waals surface area contributed by atoms with Crippen LogP contribution >= 0.6 is 24.0 Å². The number of aromatic nitrogens is 2. The molecular formula is C22H34IN7O. The second kappa shape index (κ2) is 12.7. The number of benzene rings is 1. The summed E-state index contributed by atoms with van der Waals surface area (Å²) in [6, 6.07) is 12.9. The third kappa shape index (κ3) is 8.13. The topological polar surface area (TPSA) is 77.8 Å². The normalized spacial score (nSPS) is 15.3. The Morgan fingerprint density at radius 3 is 2.52 bits per heavy atom. The molecule has 0 saturated carbocycles. The van der Waals surface area contributed by atoms with Gasteiger partial charge in [-0.3, -0.25) is 14.4 Å². The van der Waals surface area contributed by atoms with E-state index in [1.165, 1.54) is 5.56 Å². The molecule has 0 spiro atoms. The summed E-state index contributed by atoms with van der Waals surface area (Å²) >= 11 is 0. The molecule has 1 amide bonds. The summed E-state index contributed by atoms with van der Waals surface area (Å²) in [4.78, 5) is 20.8. The summed E-state index contributed by atoms with van der Waals surface area (Å²) in [5, 5.41) is 10.9. The van der Waals surface area contributed by atoms with Gasteiger partial charge in [0.2, 0.25) is 5.91 Å². The minimum atomic E-state index is 0. The van der Waals surface area contributed by atoms with Crippen molar-refractivity contribution in [1.29, 1.82) is 0 Å². The number of likely N-dealkylation sites (N-methyl/N-ethyl adjacent to an activating group) is 1. The number of halogens is 1. The lowest BCUT2D eigenvalue weighted by molar-refractivity contribution is -0.127. The van der Waals surface area contributed by atoms with Gasteiger partial charge in [0.15, 0.2) is 5.96 Å². The first kappa shape index (κ1) is 25.1. The Morgan fingerprint density at radius 2 is 1.90 bits per heavy atom. The highest BCUT2D eigenvalue weighted by Gasteiger charge is 2.20. The number of nitrogens with one attached hydrogen (secondary N) is 2. The molecule has 1 saturated heterocycles. The fraction of sp³-hybridized carbons (Fsp3) is 0.500. The third-order valence-electron chi connectivity index (χ3n) is 5.40. The van der Waals surface area contributed by atoms with Gasteiger partial charge in [-0.2, -0.15) is 5.10 Å². The maximum absolute atomic E-state index is 12.0. The van der Waals surface area contributed by atoms with Crippen molar-refractivity contribution in [1.82, 2.24) is 30.2 Å². The van der Waals surface area contributed by atoms with Crippen LogP contribution in [0.1, 0.15) is 24.1 Å². The number of amides is 1. The number of carbonyl (C=O) groups excluding carboxylic acids is 1. The highest BCUT2D eigenvalue weighted by Crippen LogP contribution is 2.14. The van der Waals surface area contributed by atoms with E-state index in [9.17, 15) is 4.79 Å². The Morgan fingerprint density at radius 1 is 1.19 bits per heavy atom. The summed E-state index contributed by atoms with van der Waals surface area (Å²) in [5.41, 5.74) is 2.37. The van der Waals surface area contributed by atoms with Crippen molar-refractivity contribution < 1.29 is 4.79 Å². The quantitative estimate of drug-likeness (QED) is 0.319. The van der Waals surface area contributed by atoms with Gasteiger partial charge in [0.25, 0.3) is 0 Å². The molecule has 0 unspecified atom stereocenters. The van der Waals surface area contributed by atoms with Gasteiger partial charge in [0, 0.05) is 53.0 Å². The molecule has 1 aromatic carbocycles. The maximum Gasteiger partial charge on any atom is 0.241 e. The Labute approximate surface area is 202 Å². The molecule has 9 heteroatoms. The average molecular weight is 539 g/mol. The van der Waals surface area contributed by atoms with Gasteiger partial charge in [-0.1, -0.05) is 30.3 Å². The SMILES string of the molecule is CN(C)C(=O)CNC(=NCc1ccnn1C)NC1CCN(Cc2ccccc2)CC1.I. The van der Waals surface area contributed by atoms with E-state index in [1.54, 1.807) is 25.2 Å². The van der Waals surface area contributed by atoms with E-state index in [-0.39, 0.29) is 36.4 Å². The molecule has 2 N–H and O–H groups in total. The van der Waals surface area contributed by atoms with Crippen LogP contribution in [0, 0.1) is 0 Å². The standard InChI is InChI=1S/C22H33N7O.HI/c1-27(2)21(30)16-24-22(23-15-20-9-12-25-28(20)3)26-19-10-13-29(14-11-19)17-18-7-5-4-6-8-18;/h4-9,12,19H,10-11,13-17H2,1-3H3,(H2,23,24,26);1H. The first-order valence-electron chi connectivity index (χ1n) is 10.5. The van der Waals surface area contributed by atoms with Crippen LogP contribution in [-0.4, -0.2) is 71.2 Å². The van der Waals surface area contributed by atoms with Crippen LogP contribution in [0.15, 0.2) is 47.6 Å². The van der Waals surface area contributed by atoms with Gasteiger partial charge in [-0.15, -0.1) is 24.0 Å². The van der Waals surface area contributed by atoms with Crippen molar-refractivity contribution in [2.75, 3.05) is 33.7 Å². The number of aliphatic imine (C=N–C) groups is 1. The van der Waals surface area contributed by atoms with Crippen LogP contribution in [0.25, 0.3) is 0 Å². The Bertz CT molecular complexity index is 829. The summed E-state index contributed by atoms with van der Waals surface area (Å²) in [7, 11) is 5.42. The number of likely N-dealkylation sites (tertiary alicyclic amines) is 1. The van der Waals surface area contributed by atoms with E-state index in [0.717, 1.165) is 38.2 Å². The zero-order valence-corrected chi connectivity index (χ0v) is 21.0. The average Bonchev–Trinajstić information content (AvgIpc) is 3.16. The molecule has 1 fully saturated rings. The van der Waals surface area contributed by atoms with Crippen molar-refractivity contribution in [3.63, 3.8) is 0 Å². The lowest BCUT2D eigenvalue weighted by Gasteiger charge is -2.33. The fourth-order valence-corrected chi connectivity index (χ4v) is 3.46. The highest BCUT2D eigenvalue weighted by atomic mass is 127. The lowest BCUT2D eigenvalue weighted by Crippen LogP contribution is -2.50. The summed E-state index contributed by atoms with van der Waals surface area (Å²) in [6.45, 7) is 3.80. The molecule has 2 aromatic rings. The molecule has 170 valence electrons. The van der Waals surface area contributed by atoms with Gasteiger partial charge in [-0.05, 0) is 24.5 Å². The Kier molecular flexibility index (Phi) is 10.3. The van der Waals surface area contributed by atoms with Crippen molar-refractivity contribution in [2.24, 2.45) is 12.0 Å². The molecule has 1 aliphatic rings. The van der Waals surface area contributed by atoms with E-state index >= 15 is 0 Å². The van der Waals surface area contributed by atoms with Gasteiger partial charge < -0.3 is 15.5 Å². The maximum atomic E-state index is 12.0. The van der Waals surface area contributed by atoms with Crippen molar-refractivity contribution in [2.45, 2.75) is 32.0 Å². The van der Waals surface area contributed by atoms with Crippen LogP contribution in [0.5, 0.6) is 0 Å². The molecule has 0 bridgehead atoms. The van der Waals surface area contributed by atoms with Crippen LogP contribution in [0.4, 0.5) is 0 Å². The molecule has 0 atom stereocenters. The predicted octanol–water partition coefficient (Wildman–Crippen LogP) is 1.83. The van der Waals surface area contributed by atoms with Gasteiger partial charge in [0.1, 0.15) is 0 Å². The minimum Gasteiger partial charge on any atom is -0.354 e. The first-order valence-corrected chi connectivity index (χ1v) is 10.5. The zero-order chi connectivity index (χ0) is 21.3. The lowest BCUT2D eigenvalue weighted by atomic mass is 10.0. The van der Waals surface area contributed by atoms with Crippen molar-refractivity contribution >= 4 is 35.8 Å². The van der Waals surface area contributed by atoms with E-state index in [2.05, 4.69) is 56.0 Å². The van der Waals surface area contributed by atoms with Crippen molar-refractivity contribution in [3.05, 3.63) is 53.9 Å². The molecule has 0 aliphatic carbocycles. The van der Waals surface area contributed by atoms with Crippen molar-refractivity contribution in [3.8, 4) is 0 Å². The molecule has 3 rings (SSSR count). The number of hydrogen-bond donors (Lipinski definition) is 2. The molecular weight excluding hydrogens is 505 g/mol. The van der Waals surface area contributed by atoms with E-state index in [1.807, 2.05) is 17.8 Å². The molecule has 2 heterocycles. The largest absolute Gasteiger partial charge is 0.354 e. The second-order valence-electron chi connectivity index (χ2n) is 7.93. The summed E-state index contributed by atoms with van der Waals surface area (Å²) in [5.74, 6) is 0.690. The van der Waals surface area contributed by atoms with E-state index in [0.29, 0.717) is 18.5 Å². The number of rotatable bonds is 7. The molecule has 31 heavy (non-hydrogen) atoms. The van der Waals surface area contributed by atoms with E-state index in [4.69, 9.17) is 0 Å². The Hall–Kier alpha value is -2.14.